The molecular formula is C10H16FN. The van der Waals surface area contributed by atoms with E-state index in [1.54, 1.807) is 13.1 Å². The molecule has 2 heteroatoms. The molecule has 0 atom stereocenters. The summed E-state index contributed by atoms with van der Waals surface area (Å²) in [5, 5.41) is 0. The molecule has 1 heterocycles. The van der Waals surface area contributed by atoms with Gasteiger partial charge in [-0.05, 0) is 24.5 Å². The fraction of sp³-hybridized carbons (Fsp3) is 0.500. The average molecular weight is 169 g/mol. The zero-order valence-corrected chi connectivity index (χ0v) is 8.19. The van der Waals surface area contributed by atoms with E-state index in [1.807, 2.05) is 20.8 Å². The van der Waals surface area contributed by atoms with Crippen LogP contribution in [0.3, 0.4) is 0 Å². The molecule has 12 heavy (non-hydrogen) atoms. The molecule has 1 rings (SSSR count). The summed E-state index contributed by atoms with van der Waals surface area (Å²) in [4.78, 5) is 3.74. The van der Waals surface area contributed by atoms with Crippen LogP contribution in [0.25, 0.3) is 0 Å². The predicted octanol–water partition coefficient (Wildman–Crippen LogP) is 3.12. The minimum absolute atomic E-state index is 0.209. The van der Waals surface area contributed by atoms with E-state index in [1.165, 1.54) is 6.20 Å². The molecule has 68 valence electrons. The summed E-state index contributed by atoms with van der Waals surface area (Å²) in [6, 6.07) is 0. The van der Waals surface area contributed by atoms with Gasteiger partial charge in [-0.15, -0.1) is 0 Å². The molecule has 1 nitrogen and oxygen atoms in total. The monoisotopic (exact) mass is 169 g/mol. The summed E-state index contributed by atoms with van der Waals surface area (Å²) in [7, 11) is 0. The van der Waals surface area contributed by atoms with Gasteiger partial charge in [-0.1, -0.05) is 20.8 Å². The van der Waals surface area contributed by atoms with E-state index in [-0.39, 0.29) is 5.82 Å². The van der Waals surface area contributed by atoms with E-state index in [0.717, 1.165) is 17.5 Å². The van der Waals surface area contributed by atoms with E-state index < -0.39 is 0 Å². The number of halogens is 1. The average Bonchev–Trinajstić information content (AvgIpc) is 2.13. The van der Waals surface area contributed by atoms with Crippen molar-refractivity contribution in [1.29, 1.82) is 0 Å². The predicted molar refractivity (Wildman–Crippen MR) is 49.7 cm³/mol. The van der Waals surface area contributed by atoms with E-state index in [0.29, 0.717) is 0 Å². The minimum atomic E-state index is -0.209. The molecule has 0 aliphatic heterocycles. The highest BCUT2D eigenvalue weighted by Gasteiger charge is 2.00. The van der Waals surface area contributed by atoms with Crippen LogP contribution in [-0.4, -0.2) is 4.98 Å². The molecule has 0 amide bonds. The Morgan fingerprint density at radius 1 is 1.33 bits per heavy atom. The first-order chi connectivity index (χ1) is 5.75. The van der Waals surface area contributed by atoms with Crippen LogP contribution in [0.15, 0.2) is 12.4 Å². The van der Waals surface area contributed by atoms with Gasteiger partial charge in [0, 0.05) is 6.20 Å². The van der Waals surface area contributed by atoms with Gasteiger partial charge in [0.05, 0.1) is 6.20 Å². The molecule has 0 spiro atoms. The summed E-state index contributed by atoms with van der Waals surface area (Å²) >= 11 is 0. The molecule has 0 radical (unpaired) electrons. The number of nitrogens with zero attached hydrogens (tertiary/aromatic N) is 1. The third kappa shape index (κ3) is 2.61. The third-order valence-corrected chi connectivity index (χ3v) is 1.64. The standard InChI is InChI=1S/C8H10FN.C2H6/c1-3-7-4-10-5-8(9)6(7)2;1-2/h4-5H,3H2,1-2H3;1-2H3. The lowest BCUT2D eigenvalue weighted by Crippen LogP contribution is -1.91. The van der Waals surface area contributed by atoms with Crippen molar-refractivity contribution in [3.8, 4) is 0 Å². The topological polar surface area (TPSA) is 12.9 Å². The van der Waals surface area contributed by atoms with Gasteiger partial charge in [0.1, 0.15) is 5.82 Å². The normalized spacial score (nSPS) is 8.75. The van der Waals surface area contributed by atoms with Gasteiger partial charge in [0.2, 0.25) is 0 Å². The Balaban J connectivity index is 0.000000561. The van der Waals surface area contributed by atoms with Crippen LogP contribution >= 0.6 is 0 Å². The molecule has 1 aromatic heterocycles. The Morgan fingerprint density at radius 3 is 2.33 bits per heavy atom. The van der Waals surface area contributed by atoms with Crippen LogP contribution < -0.4 is 0 Å². The van der Waals surface area contributed by atoms with Crippen molar-refractivity contribution >= 4 is 0 Å². The molecule has 0 fully saturated rings. The zero-order valence-electron chi connectivity index (χ0n) is 8.19. The fourth-order valence-electron chi connectivity index (χ4n) is 0.896. The van der Waals surface area contributed by atoms with E-state index in [4.69, 9.17) is 0 Å². The number of hydrogen-bond donors (Lipinski definition) is 0. The van der Waals surface area contributed by atoms with Crippen LogP contribution in [-0.2, 0) is 6.42 Å². The second-order valence-corrected chi connectivity index (χ2v) is 2.26. The maximum Gasteiger partial charge on any atom is 0.144 e. The van der Waals surface area contributed by atoms with Crippen LogP contribution in [0, 0.1) is 12.7 Å². The molecule has 0 unspecified atom stereocenters. The van der Waals surface area contributed by atoms with Crippen molar-refractivity contribution in [1.82, 2.24) is 4.98 Å². The maximum atomic E-state index is 12.7. The molecule has 0 N–H and O–H groups in total. The second kappa shape index (κ2) is 5.70. The van der Waals surface area contributed by atoms with Crippen molar-refractivity contribution in [3.05, 3.63) is 29.3 Å². The van der Waals surface area contributed by atoms with Gasteiger partial charge in [0.25, 0.3) is 0 Å². The summed E-state index contributed by atoms with van der Waals surface area (Å²) in [5.74, 6) is -0.209. The van der Waals surface area contributed by atoms with Crippen molar-refractivity contribution in [2.45, 2.75) is 34.1 Å². The summed E-state index contributed by atoms with van der Waals surface area (Å²) in [5.41, 5.74) is 1.71. The molecule has 1 aromatic rings. The second-order valence-electron chi connectivity index (χ2n) is 2.26. The zero-order chi connectivity index (χ0) is 9.56. The fourth-order valence-corrected chi connectivity index (χ4v) is 0.896. The smallest absolute Gasteiger partial charge is 0.144 e. The largest absolute Gasteiger partial charge is 0.261 e. The molecule has 0 aromatic carbocycles. The van der Waals surface area contributed by atoms with E-state index in [2.05, 4.69) is 4.98 Å². The van der Waals surface area contributed by atoms with E-state index in [9.17, 15) is 4.39 Å². The van der Waals surface area contributed by atoms with Gasteiger partial charge in [-0.2, -0.15) is 0 Å². The Bertz CT molecular complexity index is 233. The van der Waals surface area contributed by atoms with Crippen LogP contribution in [0.4, 0.5) is 4.39 Å². The van der Waals surface area contributed by atoms with Crippen molar-refractivity contribution < 1.29 is 4.39 Å². The molecule has 0 saturated heterocycles. The molecule has 0 aliphatic rings. The highest BCUT2D eigenvalue weighted by Crippen LogP contribution is 2.09. The lowest BCUT2D eigenvalue weighted by atomic mass is 10.1. The lowest BCUT2D eigenvalue weighted by Gasteiger charge is -2.00. The molecule has 0 bridgehead atoms. The van der Waals surface area contributed by atoms with Crippen molar-refractivity contribution in [2.24, 2.45) is 0 Å². The Hall–Kier alpha value is -0.920. The first-order valence-electron chi connectivity index (χ1n) is 4.34. The van der Waals surface area contributed by atoms with Crippen molar-refractivity contribution in [2.75, 3.05) is 0 Å². The summed E-state index contributed by atoms with van der Waals surface area (Å²) in [6.45, 7) is 7.76. The number of pyridine rings is 1. The van der Waals surface area contributed by atoms with E-state index >= 15 is 0 Å². The highest BCUT2D eigenvalue weighted by atomic mass is 19.1. The lowest BCUT2D eigenvalue weighted by molar-refractivity contribution is 0.608. The van der Waals surface area contributed by atoms with Gasteiger partial charge in [0.15, 0.2) is 0 Å². The first kappa shape index (κ1) is 11.1. The highest BCUT2D eigenvalue weighted by molar-refractivity contribution is 5.22. The van der Waals surface area contributed by atoms with Crippen LogP contribution in [0.2, 0.25) is 0 Å². The summed E-state index contributed by atoms with van der Waals surface area (Å²) in [6.07, 6.45) is 3.80. The van der Waals surface area contributed by atoms with Crippen LogP contribution in [0.1, 0.15) is 31.9 Å². The molecule has 0 aliphatic carbocycles. The third-order valence-electron chi connectivity index (χ3n) is 1.64. The Morgan fingerprint density at radius 2 is 1.92 bits per heavy atom. The maximum absolute atomic E-state index is 12.7. The number of rotatable bonds is 1. The van der Waals surface area contributed by atoms with Crippen molar-refractivity contribution in [3.63, 3.8) is 0 Å². The van der Waals surface area contributed by atoms with Crippen LogP contribution in [0.5, 0.6) is 0 Å². The quantitative estimate of drug-likeness (QED) is 0.629. The first-order valence-corrected chi connectivity index (χ1v) is 4.34. The van der Waals surface area contributed by atoms with Gasteiger partial charge in [-0.3, -0.25) is 4.98 Å². The number of hydrogen-bond acceptors (Lipinski definition) is 1. The van der Waals surface area contributed by atoms with Gasteiger partial charge < -0.3 is 0 Å². The molecular weight excluding hydrogens is 153 g/mol. The minimum Gasteiger partial charge on any atom is -0.261 e. The molecule has 0 saturated carbocycles. The number of aryl methyl sites for hydroxylation is 1. The number of aromatic nitrogens is 1. The van der Waals surface area contributed by atoms with Gasteiger partial charge >= 0.3 is 0 Å². The Kier molecular flexibility index (Phi) is 5.26. The summed E-state index contributed by atoms with van der Waals surface area (Å²) < 4.78 is 12.7. The Labute approximate surface area is 73.6 Å². The van der Waals surface area contributed by atoms with Gasteiger partial charge in [-0.25, -0.2) is 4.39 Å². The SMILES string of the molecule is CC.CCc1cncc(F)c1C.